The van der Waals surface area contributed by atoms with Crippen LogP contribution in [0.5, 0.6) is 0 Å². The third kappa shape index (κ3) is 5.06. The van der Waals surface area contributed by atoms with Crippen molar-refractivity contribution in [2.45, 2.75) is 51.4 Å². The molecule has 0 amide bonds. The van der Waals surface area contributed by atoms with Gasteiger partial charge in [-0.1, -0.05) is 12.1 Å². The second-order valence-corrected chi connectivity index (χ2v) is 10.4. The van der Waals surface area contributed by atoms with E-state index < -0.39 is 12.6 Å². The molecule has 1 fully saturated rings. The number of aromatic nitrogens is 2. The lowest BCUT2D eigenvalue weighted by Crippen LogP contribution is -2.39. The van der Waals surface area contributed by atoms with Gasteiger partial charge in [0.05, 0.1) is 17.9 Å². The van der Waals surface area contributed by atoms with E-state index in [9.17, 15) is 18.4 Å². The topological polar surface area (TPSA) is 69.2 Å². The van der Waals surface area contributed by atoms with Crippen molar-refractivity contribution >= 4 is 39.4 Å². The Balaban J connectivity index is 1.26. The molecule has 0 bridgehead atoms. The van der Waals surface area contributed by atoms with Crippen LogP contribution in [0.3, 0.4) is 0 Å². The minimum atomic E-state index is -4.30. The van der Waals surface area contributed by atoms with E-state index in [4.69, 9.17) is 6.57 Å². The van der Waals surface area contributed by atoms with E-state index in [-0.39, 0.29) is 16.9 Å². The van der Waals surface area contributed by atoms with Crippen LogP contribution in [0.4, 0.5) is 24.9 Å². The molecule has 10 heteroatoms. The predicted octanol–water partition coefficient (Wildman–Crippen LogP) is 6.19. The molecule has 0 radical (unpaired) electrons. The minimum absolute atomic E-state index is 0.0662. The van der Waals surface area contributed by atoms with E-state index in [1.807, 2.05) is 6.08 Å². The minimum Gasteiger partial charge on any atom is -0.394 e. The standard InChI is InChI=1S/C26H23F3N6S/c1-15-18(4-3-17-9-16(13-30)10-21(15)17)14-35-7-5-19(6-8-35)32-23-22-11-20(12-26(27,28)29)36-24(22)34-25(31-2)33-23/h3-4,10-11,19H,5-9,12,14H2,1H3,(H,32,33,34). The number of piperidine rings is 1. The molecule has 1 aliphatic carbocycles. The Bertz CT molecular complexity index is 1440. The second kappa shape index (κ2) is 9.53. The van der Waals surface area contributed by atoms with Gasteiger partial charge in [0, 0.05) is 42.5 Å². The predicted molar refractivity (Wildman–Crippen MR) is 134 cm³/mol. The lowest BCUT2D eigenvalue weighted by atomic mass is 9.97. The Kier molecular flexibility index (Phi) is 6.42. The fourth-order valence-electron chi connectivity index (χ4n) is 4.93. The number of allylic oxidation sites excluding steroid dienone is 1. The maximum Gasteiger partial charge on any atom is 0.393 e. The monoisotopic (exact) mass is 508 g/mol. The molecule has 3 aromatic rings. The van der Waals surface area contributed by atoms with Gasteiger partial charge >= 0.3 is 12.1 Å². The van der Waals surface area contributed by atoms with Crippen molar-refractivity contribution in [3.8, 4) is 6.07 Å². The highest BCUT2D eigenvalue weighted by Crippen LogP contribution is 2.35. The van der Waals surface area contributed by atoms with Crippen molar-refractivity contribution in [3.05, 3.63) is 62.3 Å². The zero-order chi connectivity index (χ0) is 25.4. The largest absolute Gasteiger partial charge is 0.394 e. The number of fused-ring (bicyclic) bond motifs is 2. The zero-order valence-corrected chi connectivity index (χ0v) is 20.4. The van der Waals surface area contributed by atoms with Crippen molar-refractivity contribution in [2.24, 2.45) is 0 Å². The fraction of sp³-hybridized carbons (Fsp3) is 0.385. The van der Waals surface area contributed by atoms with Crippen LogP contribution in [0.2, 0.25) is 0 Å². The molecule has 0 saturated carbocycles. The van der Waals surface area contributed by atoms with Crippen LogP contribution in [-0.2, 0) is 19.4 Å². The van der Waals surface area contributed by atoms with Crippen molar-refractivity contribution in [2.75, 3.05) is 18.4 Å². The van der Waals surface area contributed by atoms with Gasteiger partial charge in [-0.2, -0.15) is 18.4 Å². The molecule has 1 aromatic carbocycles. The number of hydrogen-bond donors (Lipinski definition) is 1. The van der Waals surface area contributed by atoms with Crippen LogP contribution in [-0.4, -0.2) is 40.2 Å². The molecular weight excluding hydrogens is 485 g/mol. The van der Waals surface area contributed by atoms with Crippen molar-refractivity contribution in [1.29, 1.82) is 5.26 Å². The summed E-state index contributed by atoms with van der Waals surface area (Å²) in [6.07, 6.45) is -0.925. The third-order valence-electron chi connectivity index (χ3n) is 6.79. The first-order chi connectivity index (χ1) is 17.2. The Hall–Kier alpha value is -3.47. The number of likely N-dealkylation sites (tertiary alicyclic amines) is 1. The number of alkyl halides is 3. The van der Waals surface area contributed by atoms with Crippen molar-refractivity contribution < 1.29 is 13.2 Å². The molecular formula is C26H23F3N6S. The van der Waals surface area contributed by atoms with Gasteiger partial charge in [-0.25, -0.2) is 0 Å². The SMILES string of the molecule is [C-]#[N+]c1nc(NC2CCN(Cc3ccc4c(c3C)C=C(C#N)C4)CC2)c2cc(CC(F)(F)F)sc2n1. The van der Waals surface area contributed by atoms with E-state index in [2.05, 4.69) is 50.2 Å². The third-order valence-corrected chi connectivity index (χ3v) is 7.82. The van der Waals surface area contributed by atoms with Gasteiger partial charge in [0.2, 0.25) is 0 Å². The van der Waals surface area contributed by atoms with Gasteiger partial charge in [-0.15, -0.1) is 27.9 Å². The molecule has 184 valence electrons. The van der Waals surface area contributed by atoms with Crippen molar-refractivity contribution in [1.82, 2.24) is 14.9 Å². The number of thiophene rings is 1. The van der Waals surface area contributed by atoms with Crippen LogP contribution < -0.4 is 5.32 Å². The van der Waals surface area contributed by atoms with Gasteiger partial charge < -0.3 is 10.2 Å². The molecule has 2 aliphatic rings. The highest BCUT2D eigenvalue weighted by Gasteiger charge is 2.30. The first-order valence-corrected chi connectivity index (χ1v) is 12.5. The first kappa shape index (κ1) is 24.2. The number of nitrogens with zero attached hydrogens (tertiary/aromatic N) is 5. The van der Waals surface area contributed by atoms with E-state index in [1.54, 1.807) is 0 Å². The van der Waals surface area contributed by atoms with Crippen LogP contribution in [0.1, 0.15) is 40.0 Å². The fourth-order valence-corrected chi connectivity index (χ4v) is 5.99. The molecule has 6 nitrogen and oxygen atoms in total. The average molecular weight is 509 g/mol. The quantitative estimate of drug-likeness (QED) is 0.416. The number of anilines is 1. The van der Waals surface area contributed by atoms with Gasteiger partial charge in [0.15, 0.2) is 10.6 Å². The van der Waals surface area contributed by atoms with Crippen LogP contribution >= 0.6 is 11.3 Å². The van der Waals surface area contributed by atoms with Gasteiger partial charge in [0.1, 0.15) is 0 Å². The number of benzene rings is 1. The summed E-state index contributed by atoms with van der Waals surface area (Å²) in [5.74, 6) is 0.368. The number of halogens is 3. The molecule has 2 aromatic heterocycles. The Morgan fingerprint density at radius 1 is 1.28 bits per heavy atom. The Morgan fingerprint density at radius 3 is 2.75 bits per heavy atom. The average Bonchev–Trinajstić information content (AvgIpc) is 3.44. The normalized spacial score (nSPS) is 16.4. The van der Waals surface area contributed by atoms with E-state index in [0.717, 1.165) is 49.4 Å². The van der Waals surface area contributed by atoms with Crippen LogP contribution in [0.25, 0.3) is 21.1 Å². The zero-order valence-electron chi connectivity index (χ0n) is 19.6. The molecule has 0 atom stereocenters. The summed E-state index contributed by atoms with van der Waals surface area (Å²) >= 11 is 0.958. The van der Waals surface area contributed by atoms with Gasteiger partial charge in [0.25, 0.3) is 0 Å². The molecule has 0 unspecified atom stereocenters. The maximum atomic E-state index is 12.9. The molecule has 5 rings (SSSR count). The first-order valence-electron chi connectivity index (χ1n) is 11.7. The Morgan fingerprint density at radius 2 is 2.06 bits per heavy atom. The van der Waals surface area contributed by atoms with Crippen molar-refractivity contribution in [3.63, 3.8) is 0 Å². The van der Waals surface area contributed by atoms with Gasteiger partial charge in [-0.05, 0) is 54.2 Å². The molecule has 1 aliphatic heterocycles. The Labute approximate surface area is 210 Å². The maximum absolute atomic E-state index is 12.9. The number of rotatable bonds is 5. The van der Waals surface area contributed by atoms with E-state index in [0.29, 0.717) is 22.5 Å². The molecule has 36 heavy (non-hydrogen) atoms. The highest BCUT2D eigenvalue weighted by molar-refractivity contribution is 7.18. The smallest absolute Gasteiger partial charge is 0.393 e. The molecule has 1 saturated heterocycles. The number of nitriles is 1. The summed E-state index contributed by atoms with van der Waals surface area (Å²) in [4.78, 5) is 14.6. The molecule has 3 heterocycles. The van der Waals surface area contributed by atoms with Crippen LogP contribution in [0, 0.1) is 24.8 Å². The summed E-state index contributed by atoms with van der Waals surface area (Å²) in [5, 5.41) is 13.1. The van der Waals surface area contributed by atoms with Gasteiger partial charge in [-0.3, -0.25) is 4.90 Å². The van der Waals surface area contributed by atoms with E-state index in [1.165, 1.54) is 28.3 Å². The molecule has 0 spiro atoms. The summed E-state index contributed by atoms with van der Waals surface area (Å²) in [5.41, 5.74) is 5.65. The lowest BCUT2D eigenvalue weighted by molar-refractivity contribution is -0.126. The second-order valence-electron chi connectivity index (χ2n) is 9.28. The summed E-state index contributed by atoms with van der Waals surface area (Å²) in [6.45, 7) is 11.9. The highest BCUT2D eigenvalue weighted by atomic mass is 32.1. The van der Waals surface area contributed by atoms with Crippen LogP contribution in [0.15, 0.2) is 23.8 Å². The number of hydrogen-bond acceptors (Lipinski definition) is 6. The lowest BCUT2D eigenvalue weighted by Gasteiger charge is -2.32. The summed E-state index contributed by atoms with van der Waals surface area (Å²) in [7, 11) is 0. The van der Waals surface area contributed by atoms with E-state index >= 15 is 0 Å². The summed E-state index contributed by atoms with van der Waals surface area (Å²) in [6, 6.07) is 8.13. The summed E-state index contributed by atoms with van der Waals surface area (Å²) < 4.78 is 38.7. The number of nitrogens with one attached hydrogen (secondary N) is 1. The molecule has 1 N–H and O–H groups in total.